The molecule has 7 heteroatoms. The second-order valence-corrected chi connectivity index (χ2v) is 4.36. The number of aromatic nitrogens is 4. The van der Waals surface area contributed by atoms with Gasteiger partial charge in [-0.3, -0.25) is 9.78 Å². The zero-order valence-corrected chi connectivity index (χ0v) is 10.9. The summed E-state index contributed by atoms with van der Waals surface area (Å²) in [6, 6.07) is 0. The van der Waals surface area contributed by atoms with Gasteiger partial charge in [0, 0.05) is 12.4 Å². The van der Waals surface area contributed by atoms with Crippen molar-refractivity contribution in [1.82, 2.24) is 20.0 Å². The molecule has 0 saturated heterocycles. The monoisotopic (exact) mass is 338 g/mol. The van der Waals surface area contributed by atoms with Crippen LogP contribution in [0.3, 0.4) is 0 Å². The van der Waals surface area contributed by atoms with Crippen molar-refractivity contribution >= 4 is 31.9 Å². The lowest BCUT2D eigenvalue weighted by Gasteiger charge is -1.91. The van der Waals surface area contributed by atoms with Crippen LogP contribution in [0.2, 0.25) is 0 Å². The third kappa shape index (κ3) is 5.08. The molecule has 0 fully saturated rings. The van der Waals surface area contributed by atoms with E-state index >= 15 is 0 Å². The van der Waals surface area contributed by atoms with Crippen LogP contribution in [0.25, 0.3) is 0 Å². The Hall–Kier alpha value is -0.690. The van der Waals surface area contributed by atoms with Gasteiger partial charge in [-0.1, -0.05) is 0 Å². The fourth-order valence-electron chi connectivity index (χ4n) is 0.782. The van der Waals surface area contributed by atoms with Crippen LogP contribution in [0.1, 0.15) is 0 Å². The Morgan fingerprint density at radius 1 is 1.33 bits per heavy atom. The molecule has 0 amide bonds. The van der Waals surface area contributed by atoms with E-state index in [2.05, 4.69) is 47.2 Å². The van der Waals surface area contributed by atoms with Gasteiger partial charge in [0.2, 0.25) is 0 Å². The summed E-state index contributed by atoms with van der Waals surface area (Å²) in [7, 11) is 0. The zero-order valence-electron chi connectivity index (χ0n) is 7.70. The molecule has 0 aliphatic rings. The Bertz CT molecular complexity index is 374. The van der Waals surface area contributed by atoms with Gasteiger partial charge in [0.05, 0.1) is 27.9 Å². The van der Waals surface area contributed by atoms with Crippen LogP contribution in [0.15, 0.2) is 33.7 Å². The van der Waals surface area contributed by atoms with Crippen LogP contribution in [-0.4, -0.2) is 26.7 Å². The van der Waals surface area contributed by atoms with E-state index in [9.17, 15) is 4.39 Å². The number of halogens is 3. The summed E-state index contributed by atoms with van der Waals surface area (Å²) < 4.78 is 15.0. The van der Waals surface area contributed by atoms with Gasteiger partial charge in [0.15, 0.2) is 0 Å². The van der Waals surface area contributed by atoms with Gasteiger partial charge in [-0.05, 0) is 31.9 Å². The topological polar surface area (TPSA) is 46.5 Å². The molecular weight excluding hydrogens is 331 g/mol. The van der Waals surface area contributed by atoms with Gasteiger partial charge < -0.3 is 0 Å². The van der Waals surface area contributed by atoms with Crippen LogP contribution in [0.4, 0.5) is 4.39 Å². The third-order valence-electron chi connectivity index (χ3n) is 1.38. The molecule has 2 aromatic heterocycles. The van der Waals surface area contributed by atoms with Crippen molar-refractivity contribution < 1.29 is 4.39 Å². The van der Waals surface area contributed by atoms with Crippen molar-refractivity contribution in [2.45, 2.75) is 6.54 Å². The molecule has 0 aromatic carbocycles. The lowest BCUT2D eigenvalue weighted by molar-refractivity contribution is 0.427. The Morgan fingerprint density at radius 3 is 2.47 bits per heavy atom. The van der Waals surface area contributed by atoms with Crippen molar-refractivity contribution in [3.05, 3.63) is 33.7 Å². The molecule has 1 N–H and O–H groups in total. The number of H-pyrrole nitrogens is 1. The van der Waals surface area contributed by atoms with Crippen molar-refractivity contribution in [2.75, 3.05) is 6.67 Å². The first-order valence-corrected chi connectivity index (χ1v) is 5.69. The summed E-state index contributed by atoms with van der Waals surface area (Å²) in [5.74, 6) is 0. The quantitative estimate of drug-likeness (QED) is 0.914. The average molecular weight is 340 g/mol. The van der Waals surface area contributed by atoms with E-state index in [4.69, 9.17) is 0 Å². The van der Waals surface area contributed by atoms with Gasteiger partial charge in [0.1, 0.15) is 6.67 Å². The smallest absolute Gasteiger partial charge is 0.109 e. The molecule has 0 saturated carbocycles. The van der Waals surface area contributed by atoms with E-state index in [0.717, 1.165) is 8.95 Å². The SMILES string of the molecule is Brc1cn[nH]c1.FCCn1cc(Br)cn1. The summed E-state index contributed by atoms with van der Waals surface area (Å²) in [5.41, 5.74) is 0. The second-order valence-electron chi connectivity index (χ2n) is 2.53. The molecule has 82 valence electrons. The van der Waals surface area contributed by atoms with Gasteiger partial charge in [-0.15, -0.1) is 0 Å². The highest BCUT2D eigenvalue weighted by Gasteiger charge is 1.91. The molecule has 0 bridgehead atoms. The van der Waals surface area contributed by atoms with Gasteiger partial charge in [-0.25, -0.2) is 4.39 Å². The molecule has 0 spiro atoms. The van der Waals surface area contributed by atoms with Gasteiger partial charge in [-0.2, -0.15) is 10.2 Å². The van der Waals surface area contributed by atoms with Crippen LogP contribution in [0.5, 0.6) is 0 Å². The fourth-order valence-corrected chi connectivity index (χ4v) is 1.32. The van der Waals surface area contributed by atoms with Crippen molar-refractivity contribution in [2.24, 2.45) is 0 Å². The van der Waals surface area contributed by atoms with E-state index in [1.54, 1.807) is 29.5 Å². The molecule has 0 aliphatic heterocycles. The molecule has 2 heterocycles. The molecular formula is C8H9Br2FN4. The molecule has 0 radical (unpaired) electrons. The highest BCUT2D eigenvalue weighted by molar-refractivity contribution is 9.10. The minimum atomic E-state index is -0.367. The average Bonchev–Trinajstić information content (AvgIpc) is 2.80. The van der Waals surface area contributed by atoms with Crippen LogP contribution < -0.4 is 0 Å². The summed E-state index contributed by atoms with van der Waals surface area (Å²) in [5, 5.41) is 10.1. The summed E-state index contributed by atoms with van der Waals surface area (Å²) in [6.07, 6.45) is 6.83. The Morgan fingerprint density at radius 2 is 2.13 bits per heavy atom. The zero-order chi connectivity index (χ0) is 11.1. The maximum Gasteiger partial charge on any atom is 0.109 e. The first-order valence-electron chi connectivity index (χ1n) is 4.10. The molecule has 15 heavy (non-hydrogen) atoms. The van der Waals surface area contributed by atoms with E-state index in [-0.39, 0.29) is 6.67 Å². The van der Waals surface area contributed by atoms with E-state index in [1.165, 1.54) is 0 Å². The lowest BCUT2D eigenvalue weighted by atomic mass is 10.7. The number of nitrogens with one attached hydrogen (secondary N) is 1. The Labute approximate surface area is 103 Å². The lowest BCUT2D eigenvalue weighted by Crippen LogP contribution is -1.98. The maximum absolute atomic E-state index is 11.6. The number of aryl methyl sites for hydroxylation is 1. The summed E-state index contributed by atoms with van der Waals surface area (Å²) >= 11 is 6.38. The largest absolute Gasteiger partial charge is 0.285 e. The van der Waals surface area contributed by atoms with Gasteiger partial charge >= 0.3 is 0 Å². The van der Waals surface area contributed by atoms with Gasteiger partial charge in [0.25, 0.3) is 0 Å². The molecule has 2 aromatic rings. The second kappa shape index (κ2) is 6.73. The first kappa shape index (κ1) is 12.4. The molecule has 0 unspecified atom stereocenters. The van der Waals surface area contributed by atoms with Crippen LogP contribution in [-0.2, 0) is 6.54 Å². The number of rotatable bonds is 2. The molecule has 2 rings (SSSR count). The van der Waals surface area contributed by atoms with E-state index < -0.39 is 0 Å². The summed E-state index contributed by atoms with van der Waals surface area (Å²) in [6.45, 7) is -0.0281. The highest BCUT2D eigenvalue weighted by atomic mass is 79.9. The molecule has 4 nitrogen and oxygen atoms in total. The van der Waals surface area contributed by atoms with Crippen molar-refractivity contribution in [1.29, 1.82) is 0 Å². The van der Waals surface area contributed by atoms with Crippen LogP contribution in [0, 0.1) is 0 Å². The number of nitrogens with zero attached hydrogens (tertiary/aromatic N) is 3. The first-order chi connectivity index (χ1) is 7.22. The standard InChI is InChI=1S/C5H6BrFN2.C3H3BrN2/c6-5-3-8-9(4-5)2-1-7;4-3-1-5-6-2-3/h3-4H,1-2H2;1-2H,(H,5,6). The van der Waals surface area contributed by atoms with Crippen molar-refractivity contribution in [3.63, 3.8) is 0 Å². The predicted molar refractivity (Wildman–Crippen MR) is 62.2 cm³/mol. The number of hydrogen-bond donors (Lipinski definition) is 1. The molecule has 0 aliphatic carbocycles. The molecule has 0 atom stereocenters. The fraction of sp³-hybridized carbons (Fsp3) is 0.250. The van der Waals surface area contributed by atoms with E-state index in [0.29, 0.717) is 6.54 Å². The number of hydrogen-bond acceptors (Lipinski definition) is 2. The van der Waals surface area contributed by atoms with Crippen molar-refractivity contribution in [3.8, 4) is 0 Å². The minimum absolute atomic E-state index is 0.339. The third-order valence-corrected chi connectivity index (χ3v) is 2.22. The van der Waals surface area contributed by atoms with Crippen LogP contribution >= 0.6 is 31.9 Å². The summed E-state index contributed by atoms with van der Waals surface area (Å²) in [4.78, 5) is 0. The predicted octanol–water partition coefficient (Wildman–Crippen LogP) is 2.79. The normalized spacial score (nSPS) is 9.53. The Balaban J connectivity index is 0.000000162. The highest BCUT2D eigenvalue weighted by Crippen LogP contribution is 2.05. The van der Waals surface area contributed by atoms with E-state index in [1.807, 2.05) is 0 Å². The maximum atomic E-state index is 11.6. The Kier molecular flexibility index (Phi) is 5.56. The number of alkyl halides is 1. The number of aromatic amines is 1. The minimum Gasteiger partial charge on any atom is -0.285 e.